The molecule has 1 aromatic heterocycles. The minimum Gasteiger partial charge on any atom is -0.391 e. The topological polar surface area (TPSA) is 69.2 Å². The van der Waals surface area contributed by atoms with E-state index >= 15 is 0 Å². The minimum absolute atomic E-state index is 0.00366. The lowest BCUT2D eigenvalue weighted by atomic mass is 9.97. The van der Waals surface area contributed by atoms with Gasteiger partial charge in [0.1, 0.15) is 0 Å². The molecule has 1 amide bonds. The maximum atomic E-state index is 13.3. The number of halogens is 3. The number of alkyl halides is 3. The predicted molar refractivity (Wildman–Crippen MR) is 79.2 cm³/mol. The Hall–Kier alpha value is -2.35. The molecule has 1 aliphatic rings. The summed E-state index contributed by atoms with van der Waals surface area (Å²) in [6, 6.07) is 4.32. The van der Waals surface area contributed by atoms with Gasteiger partial charge in [0.2, 0.25) is 0 Å². The molecule has 5 nitrogen and oxygen atoms in total. The van der Waals surface area contributed by atoms with Crippen molar-refractivity contribution in [2.45, 2.75) is 31.7 Å². The van der Waals surface area contributed by atoms with E-state index in [4.69, 9.17) is 0 Å². The number of carbonyl (C=O) groups excluding carboxylic acids is 1. The zero-order valence-corrected chi connectivity index (χ0v) is 12.8. The van der Waals surface area contributed by atoms with Crippen LogP contribution in [0.4, 0.5) is 13.2 Å². The molecule has 128 valence electrons. The van der Waals surface area contributed by atoms with Gasteiger partial charge in [-0.1, -0.05) is 18.2 Å². The van der Waals surface area contributed by atoms with Crippen molar-refractivity contribution in [3.63, 3.8) is 0 Å². The first-order valence-electron chi connectivity index (χ1n) is 7.44. The number of β-amino-alcohol motifs (C(OH)–C–C–N with tert-alkyl or cyclic N) is 1. The summed E-state index contributed by atoms with van der Waals surface area (Å²) in [5, 5.41) is 16.3. The van der Waals surface area contributed by atoms with Crippen molar-refractivity contribution in [3.05, 3.63) is 52.8 Å². The second-order valence-corrected chi connectivity index (χ2v) is 5.86. The summed E-state index contributed by atoms with van der Waals surface area (Å²) in [6.07, 6.45) is -3.98. The van der Waals surface area contributed by atoms with Gasteiger partial charge in [-0.15, -0.1) is 0 Å². The van der Waals surface area contributed by atoms with Crippen LogP contribution in [-0.2, 0) is 6.18 Å². The molecular formula is C16H16F3N3O2. The van der Waals surface area contributed by atoms with E-state index in [2.05, 4.69) is 10.2 Å². The summed E-state index contributed by atoms with van der Waals surface area (Å²) in [7, 11) is 0. The van der Waals surface area contributed by atoms with E-state index in [1.807, 2.05) is 0 Å². The largest absolute Gasteiger partial charge is 0.416 e. The highest BCUT2D eigenvalue weighted by molar-refractivity contribution is 5.95. The van der Waals surface area contributed by atoms with Crippen LogP contribution in [0.1, 0.15) is 39.6 Å². The number of nitrogens with zero attached hydrogens (tertiary/aromatic N) is 2. The molecule has 24 heavy (non-hydrogen) atoms. The van der Waals surface area contributed by atoms with Crippen molar-refractivity contribution in [3.8, 4) is 0 Å². The number of aliphatic hydroxyl groups is 1. The maximum absolute atomic E-state index is 13.3. The Morgan fingerprint density at radius 1 is 1.38 bits per heavy atom. The summed E-state index contributed by atoms with van der Waals surface area (Å²) in [4.78, 5) is 14.0. The van der Waals surface area contributed by atoms with Gasteiger partial charge in [-0.25, -0.2) is 0 Å². The van der Waals surface area contributed by atoms with Crippen LogP contribution >= 0.6 is 0 Å². The van der Waals surface area contributed by atoms with E-state index < -0.39 is 29.8 Å². The van der Waals surface area contributed by atoms with Gasteiger partial charge < -0.3 is 10.0 Å². The number of hydrogen-bond donors (Lipinski definition) is 2. The van der Waals surface area contributed by atoms with Crippen molar-refractivity contribution in [2.75, 3.05) is 6.54 Å². The first kappa shape index (κ1) is 16.5. The summed E-state index contributed by atoms with van der Waals surface area (Å²) in [6.45, 7) is 1.64. The molecule has 3 rings (SSSR count). The molecule has 2 heterocycles. The van der Waals surface area contributed by atoms with Gasteiger partial charge in [0, 0.05) is 12.2 Å². The number of amides is 1. The van der Waals surface area contributed by atoms with Gasteiger partial charge in [0.05, 0.1) is 29.5 Å². The Labute approximate surface area is 136 Å². The summed E-state index contributed by atoms with van der Waals surface area (Å²) in [5.74, 6) is -0.445. The van der Waals surface area contributed by atoms with E-state index in [-0.39, 0.29) is 18.5 Å². The molecule has 8 heteroatoms. The summed E-state index contributed by atoms with van der Waals surface area (Å²) in [5.41, 5.74) is 0.0321. The SMILES string of the molecule is Cc1[nH]ncc1C(=O)N1C[C@@H](O)C[C@H]1c1ccccc1C(F)(F)F. The van der Waals surface area contributed by atoms with E-state index in [0.717, 1.165) is 6.07 Å². The van der Waals surface area contributed by atoms with Gasteiger partial charge in [-0.2, -0.15) is 18.3 Å². The van der Waals surface area contributed by atoms with Crippen LogP contribution < -0.4 is 0 Å². The lowest BCUT2D eigenvalue weighted by Gasteiger charge is -2.27. The van der Waals surface area contributed by atoms with Crippen LogP contribution in [0, 0.1) is 6.92 Å². The maximum Gasteiger partial charge on any atom is 0.416 e. The van der Waals surface area contributed by atoms with Crippen molar-refractivity contribution in [1.82, 2.24) is 15.1 Å². The zero-order chi connectivity index (χ0) is 17.5. The van der Waals surface area contributed by atoms with Crippen LogP contribution in [0.2, 0.25) is 0 Å². The highest BCUT2D eigenvalue weighted by Crippen LogP contribution is 2.40. The Bertz CT molecular complexity index is 757. The van der Waals surface area contributed by atoms with Gasteiger partial charge in [0.15, 0.2) is 0 Å². The number of rotatable bonds is 2. The molecule has 0 aliphatic carbocycles. The fourth-order valence-corrected chi connectivity index (χ4v) is 3.10. The Kier molecular flexibility index (Phi) is 4.08. The van der Waals surface area contributed by atoms with Gasteiger partial charge >= 0.3 is 6.18 Å². The number of nitrogens with one attached hydrogen (secondary N) is 1. The standard InChI is InChI=1S/C16H16F3N3O2/c1-9-12(7-20-21-9)15(24)22-8-10(23)6-14(22)11-4-2-3-5-13(11)16(17,18)19/h2-5,7,10,14,23H,6,8H2,1H3,(H,20,21)/t10-,14-/m0/s1. The molecule has 1 fully saturated rings. The summed E-state index contributed by atoms with van der Waals surface area (Å²) >= 11 is 0. The molecule has 1 saturated heterocycles. The normalized spacial score (nSPS) is 21.3. The Balaban J connectivity index is 2.01. The first-order valence-corrected chi connectivity index (χ1v) is 7.44. The number of benzene rings is 1. The van der Waals surface area contributed by atoms with Gasteiger partial charge in [-0.3, -0.25) is 9.89 Å². The number of aryl methyl sites for hydroxylation is 1. The first-order chi connectivity index (χ1) is 11.3. The van der Waals surface area contributed by atoms with Crippen LogP contribution in [0.25, 0.3) is 0 Å². The van der Waals surface area contributed by atoms with E-state index in [1.54, 1.807) is 6.92 Å². The minimum atomic E-state index is -4.52. The molecule has 0 unspecified atom stereocenters. The van der Waals surface area contributed by atoms with Crippen molar-refractivity contribution >= 4 is 5.91 Å². The molecule has 2 atom stereocenters. The van der Waals surface area contributed by atoms with Crippen molar-refractivity contribution in [2.24, 2.45) is 0 Å². The van der Waals surface area contributed by atoms with Gasteiger partial charge in [-0.05, 0) is 25.0 Å². The number of carbonyl (C=O) groups is 1. The lowest BCUT2D eigenvalue weighted by molar-refractivity contribution is -0.138. The number of H-pyrrole nitrogens is 1. The molecule has 1 aromatic carbocycles. The highest BCUT2D eigenvalue weighted by Gasteiger charge is 2.41. The quantitative estimate of drug-likeness (QED) is 0.884. The molecule has 2 N–H and O–H groups in total. The second-order valence-electron chi connectivity index (χ2n) is 5.86. The zero-order valence-electron chi connectivity index (χ0n) is 12.8. The molecule has 0 bridgehead atoms. The second kappa shape index (κ2) is 5.94. The number of hydrogen-bond acceptors (Lipinski definition) is 3. The molecule has 1 aliphatic heterocycles. The average Bonchev–Trinajstić information content (AvgIpc) is 3.11. The van der Waals surface area contributed by atoms with Crippen LogP contribution in [0.3, 0.4) is 0 Å². The molecule has 2 aromatic rings. The predicted octanol–water partition coefficient (Wildman–Crippen LogP) is 2.69. The van der Waals surface area contributed by atoms with E-state index in [1.165, 1.54) is 29.3 Å². The highest BCUT2D eigenvalue weighted by atomic mass is 19.4. The Morgan fingerprint density at radius 2 is 2.08 bits per heavy atom. The lowest BCUT2D eigenvalue weighted by Crippen LogP contribution is -2.32. The average molecular weight is 339 g/mol. The molecule has 0 radical (unpaired) electrons. The third kappa shape index (κ3) is 2.89. The summed E-state index contributed by atoms with van der Waals surface area (Å²) < 4.78 is 39.9. The van der Waals surface area contributed by atoms with Crippen molar-refractivity contribution in [1.29, 1.82) is 0 Å². The van der Waals surface area contributed by atoms with Crippen LogP contribution in [0.5, 0.6) is 0 Å². The van der Waals surface area contributed by atoms with Crippen LogP contribution in [-0.4, -0.2) is 38.8 Å². The third-order valence-electron chi connectivity index (χ3n) is 4.23. The number of aliphatic hydroxyl groups excluding tert-OH is 1. The fourth-order valence-electron chi connectivity index (χ4n) is 3.10. The van der Waals surface area contributed by atoms with E-state index in [0.29, 0.717) is 11.3 Å². The Morgan fingerprint density at radius 3 is 2.71 bits per heavy atom. The number of likely N-dealkylation sites (tertiary alicyclic amines) is 1. The molecule has 0 saturated carbocycles. The smallest absolute Gasteiger partial charge is 0.391 e. The van der Waals surface area contributed by atoms with E-state index in [9.17, 15) is 23.1 Å². The monoisotopic (exact) mass is 339 g/mol. The number of aromatic nitrogens is 2. The fraction of sp³-hybridized carbons (Fsp3) is 0.375. The molecular weight excluding hydrogens is 323 g/mol. The van der Waals surface area contributed by atoms with Crippen LogP contribution in [0.15, 0.2) is 30.5 Å². The van der Waals surface area contributed by atoms with Gasteiger partial charge in [0.25, 0.3) is 5.91 Å². The number of aromatic amines is 1. The molecule has 0 spiro atoms. The third-order valence-corrected chi connectivity index (χ3v) is 4.23. The van der Waals surface area contributed by atoms with Crippen molar-refractivity contribution < 1.29 is 23.1 Å².